The van der Waals surface area contributed by atoms with E-state index in [9.17, 15) is 0 Å². The van der Waals surface area contributed by atoms with Gasteiger partial charge in [-0.1, -0.05) is 12.2 Å². The van der Waals surface area contributed by atoms with E-state index >= 15 is 0 Å². The van der Waals surface area contributed by atoms with Crippen LogP contribution >= 0.6 is 0 Å². The number of rotatable bonds is 7. The normalized spacial score (nSPS) is 18.9. The van der Waals surface area contributed by atoms with Crippen molar-refractivity contribution in [1.82, 2.24) is 14.7 Å². The molecular formula is C13H25N3. The van der Waals surface area contributed by atoms with E-state index in [2.05, 4.69) is 34.9 Å². The third-order valence-corrected chi connectivity index (χ3v) is 3.10. The zero-order chi connectivity index (χ0) is 11.8. The predicted molar refractivity (Wildman–Crippen MR) is 70.8 cm³/mol. The predicted octanol–water partition coefficient (Wildman–Crippen LogP) is 0.908. The summed E-state index contributed by atoms with van der Waals surface area (Å²) in [6.45, 7) is 16.6. The maximum Gasteiger partial charge on any atom is 0.0164 e. The van der Waals surface area contributed by atoms with Crippen molar-refractivity contribution in [3.05, 3.63) is 25.3 Å². The van der Waals surface area contributed by atoms with Gasteiger partial charge in [0.25, 0.3) is 0 Å². The van der Waals surface area contributed by atoms with Gasteiger partial charge in [0, 0.05) is 52.4 Å². The maximum atomic E-state index is 3.79. The molecular weight excluding hydrogens is 198 g/mol. The zero-order valence-corrected chi connectivity index (χ0v) is 10.6. The Kier molecular flexibility index (Phi) is 6.38. The summed E-state index contributed by atoms with van der Waals surface area (Å²) < 4.78 is 0. The van der Waals surface area contributed by atoms with Gasteiger partial charge in [-0.05, 0) is 7.05 Å². The van der Waals surface area contributed by atoms with E-state index in [1.165, 1.54) is 26.2 Å². The summed E-state index contributed by atoms with van der Waals surface area (Å²) in [7, 11) is 2.19. The molecule has 0 atom stereocenters. The lowest BCUT2D eigenvalue weighted by molar-refractivity contribution is 0.140. The Bertz CT molecular complexity index is 197. The quantitative estimate of drug-likeness (QED) is 0.594. The summed E-state index contributed by atoms with van der Waals surface area (Å²) >= 11 is 0. The largest absolute Gasteiger partial charge is 0.304 e. The van der Waals surface area contributed by atoms with E-state index in [0.717, 1.165) is 26.2 Å². The minimum Gasteiger partial charge on any atom is -0.304 e. The van der Waals surface area contributed by atoms with Crippen molar-refractivity contribution >= 4 is 0 Å². The Morgan fingerprint density at radius 1 is 1.06 bits per heavy atom. The number of hydrogen-bond acceptors (Lipinski definition) is 3. The first-order chi connectivity index (χ1) is 7.76. The summed E-state index contributed by atoms with van der Waals surface area (Å²) in [5, 5.41) is 0. The molecule has 0 aliphatic carbocycles. The van der Waals surface area contributed by atoms with Crippen LogP contribution in [0.1, 0.15) is 0 Å². The molecule has 0 bridgehead atoms. The molecule has 1 aliphatic rings. The molecule has 3 nitrogen and oxygen atoms in total. The fourth-order valence-electron chi connectivity index (χ4n) is 1.98. The highest BCUT2D eigenvalue weighted by atomic mass is 15.3. The molecule has 0 saturated carbocycles. The minimum atomic E-state index is 0.958. The second-order valence-electron chi connectivity index (χ2n) is 4.48. The van der Waals surface area contributed by atoms with Crippen LogP contribution in [0, 0.1) is 0 Å². The summed E-state index contributed by atoms with van der Waals surface area (Å²) in [5.74, 6) is 0. The molecule has 1 heterocycles. The smallest absolute Gasteiger partial charge is 0.0164 e. The molecule has 16 heavy (non-hydrogen) atoms. The molecule has 0 aromatic rings. The molecule has 1 rings (SSSR count). The highest BCUT2D eigenvalue weighted by Gasteiger charge is 2.13. The molecule has 0 amide bonds. The highest BCUT2D eigenvalue weighted by molar-refractivity contribution is 4.81. The van der Waals surface area contributed by atoms with Gasteiger partial charge in [-0.2, -0.15) is 0 Å². The van der Waals surface area contributed by atoms with Crippen molar-refractivity contribution in [2.75, 3.05) is 59.4 Å². The van der Waals surface area contributed by atoms with Crippen LogP contribution in [-0.4, -0.2) is 74.1 Å². The number of piperazine rings is 1. The molecule has 0 radical (unpaired) electrons. The van der Waals surface area contributed by atoms with Crippen LogP contribution in [0.3, 0.4) is 0 Å². The third kappa shape index (κ3) is 4.92. The van der Waals surface area contributed by atoms with Crippen LogP contribution in [0.4, 0.5) is 0 Å². The van der Waals surface area contributed by atoms with E-state index < -0.39 is 0 Å². The van der Waals surface area contributed by atoms with Gasteiger partial charge in [-0.15, -0.1) is 13.2 Å². The van der Waals surface area contributed by atoms with Gasteiger partial charge in [0.15, 0.2) is 0 Å². The minimum absolute atomic E-state index is 0.958. The molecule has 0 N–H and O–H groups in total. The molecule has 0 unspecified atom stereocenters. The lowest BCUT2D eigenvalue weighted by Crippen LogP contribution is -2.47. The zero-order valence-electron chi connectivity index (χ0n) is 10.6. The van der Waals surface area contributed by atoms with Crippen LogP contribution in [0.25, 0.3) is 0 Å². The molecule has 0 spiro atoms. The SMILES string of the molecule is C=CCN(CC=C)CCN1CCN(C)CC1. The molecule has 1 saturated heterocycles. The Balaban J connectivity index is 2.20. The van der Waals surface area contributed by atoms with Crippen LogP contribution in [0.2, 0.25) is 0 Å². The highest BCUT2D eigenvalue weighted by Crippen LogP contribution is 1.99. The van der Waals surface area contributed by atoms with Gasteiger partial charge in [0.1, 0.15) is 0 Å². The molecule has 92 valence electrons. The van der Waals surface area contributed by atoms with E-state index in [1.54, 1.807) is 0 Å². The fraction of sp³-hybridized carbons (Fsp3) is 0.692. The van der Waals surface area contributed by atoms with E-state index in [4.69, 9.17) is 0 Å². The van der Waals surface area contributed by atoms with Crippen LogP contribution in [0.15, 0.2) is 25.3 Å². The second-order valence-corrected chi connectivity index (χ2v) is 4.48. The van der Waals surface area contributed by atoms with Gasteiger partial charge in [0.05, 0.1) is 0 Å². The Labute approximate surface area is 100 Å². The van der Waals surface area contributed by atoms with E-state index in [1.807, 2.05) is 12.2 Å². The van der Waals surface area contributed by atoms with Crippen molar-refractivity contribution in [2.24, 2.45) is 0 Å². The van der Waals surface area contributed by atoms with Gasteiger partial charge < -0.3 is 4.90 Å². The average molecular weight is 223 g/mol. The standard InChI is InChI=1S/C13H25N3/c1-4-6-15(7-5-2)12-13-16-10-8-14(3)9-11-16/h4-5H,1-2,6-13H2,3H3. The lowest BCUT2D eigenvalue weighted by Gasteiger charge is -2.33. The Morgan fingerprint density at radius 3 is 2.12 bits per heavy atom. The fourth-order valence-corrected chi connectivity index (χ4v) is 1.98. The monoisotopic (exact) mass is 223 g/mol. The van der Waals surface area contributed by atoms with E-state index in [-0.39, 0.29) is 0 Å². The third-order valence-electron chi connectivity index (χ3n) is 3.10. The first-order valence-electron chi connectivity index (χ1n) is 6.11. The van der Waals surface area contributed by atoms with Gasteiger partial charge in [-0.3, -0.25) is 9.80 Å². The van der Waals surface area contributed by atoms with Crippen LogP contribution in [0.5, 0.6) is 0 Å². The second kappa shape index (κ2) is 7.60. The van der Waals surface area contributed by atoms with Crippen molar-refractivity contribution in [2.45, 2.75) is 0 Å². The molecule has 1 fully saturated rings. The van der Waals surface area contributed by atoms with Crippen molar-refractivity contribution < 1.29 is 0 Å². The van der Waals surface area contributed by atoms with Gasteiger partial charge in [-0.25, -0.2) is 0 Å². The molecule has 3 heteroatoms. The van der Waals surface area contributed by atoms with Crippen molar-refractivity contribution in [3.8, 4) is 0 Å². The van der Waals surface area contributed by atoms with Crippen molar-refractivity contribution in [1.29, 1.82) is 0 Å². The van der Waals surface area contributed by atoms with Crippen LogP contribution in [-0.2, 0) is 0 Å². The molecule has 0 aromatic carbocycles. The van der Waals surface area contributed by atoms with Gasteiger partial charge in [0.2, 0.25) is 0 Å². The number of hydrogen-bond donors (Lipinski definition) is 0. The summed E-state index contributed by atoms with van der Waals surface area (Å²) in [5.41, 5.74) is 0. The Morgan fingerprint density at radius 2 is 1.62 bits per heavy atom. The lowest BCUT2D eigenvalue weighted by atomic mass is 10.3. The number of likely N-dealkylation sites (N-methyl/N-ethyl adjacent to an activating group) is 1. The van der Waals surface area contributed by atoms with E-state index in [0.29, 0.717) is 0 Å². The first kappa shape index (κ1) is 13.4. The van der Waals surface area contributed by atoms with Crippen LogP contribution < -0.4 is 0 Å². The maximum absolute atomic E-state index is 3.79. The Hall–Kier alpha value is -0.640. The van der Waals surface area contributed by atoms with Crippen molar-refractivity contribution in [3.63, 3.8) is 0 Å². The summed E-state index contributed by atoms with van der Waals surface area (Å²) in [6.07, 6.45) is 3.93. The first-order valence-corrected chi connectivity index (χ1v) is 6.11. The average Bonchev–Trinajstić information content (AvgIpc) is 2.29. The number of nitrogens with zero attached hydrogens (tertiary/aromatic N) is 3. The van der Waals surface area contributed by atoms with Gasteiger partial charge >= 0.3 is 0 Å². The molecule has 0 aromatic heterocycles. The summed E-state index contributed by atoms with van der Waals surface area (Å²) in [4.78, 5) is 7.30. The topological polar surface area (TPSA) is 9.72 Å². The molecule has 1 aliphatic heterocycles. The summed E-state index contributed by atoms with van der Waals surface area (Å²) in [6, 6.07) is 0.